The van der Waals surface area contributed by atoms with Crippen LogP contribution in [0.25, 0.3) is 5.57 Å². The first-order valence-electron chi connectivity index (χ1n) is 4.00. The first-order valence-corrected chi connectivity index (χ1v) is 4.78. The summed E-state index contributed by atoms with van der Waals surface area (Å²) in [6.07, 6.45) is 6.19. The van der Waals surface area contributed by atoms with Crippen LogP contribution in [0.3, 0.4) is 0 Å². The second-order valence-corrected chi connectivity index (χ2v) is 3.58. The van der Waals surface area contributed by atoms with Crippen LogP contribution in [0, 0.1) is 6.92 Å². The third-order valence-corrected chi connectivity index (χ3v) is 2.27. The summed E-state index contributed by atoms with van der Waals surface area (Å²) in [5.41, 5.74) is 2.28. The molecule has 0 fully saturated rings. The lowest BCUT2D eigenvalue weighted by Crippen LogP contribution is -1.77. The van der Waals surface area contributed by atoms with Crippen LogP contribution < -0.4 is 0 Å². The first-order chi connectivity index (χ1) is 5.77. The smallest absolute Gasteiger partial charge is 0.0839 e. The Labute approximate surface area is 77.6 Å². The third-order valence-electron chi connectivity index (χ3n) is 1.58. The largest absolute Gasteiger partial charge is 0.192 e. The molecule has 0 saturated carbocycles. The molecule has 0 saturated heterocycles. The van der Waals surface area contributed by atoms with Gasteiger partial charge >= 0.3 is 0 Å². The van der Waals surface area contributed by atoms with Crippen LogP contribution in [0.15, 0.2) is 24.3 Å². The van der Waals surface area contributed by atoms with Gasteiger partial charge in [-0.25, -0.2) is 0 Å². The van der Waals surface area contributed by atoms with E-state index in [0.717, 1.165) is 5.69 Å². The monoisotopic (exact) mass is 179 g/mol. The zero-order valence-electron chi connectivity index (χ0n) is 7.66. The second kappa shape index (κ2) is 4.21. The van der Waals surface area contributed by atoms with E-state index in [0.29, 0.717) is 0 Å². The Balaban J connectivity index is 2.96. The van der Waals surface area contributed by atoms with Gasteiger partial charge in [-0.2, -0.15) is 4.37 Å². The molecule has 0 spiro atoms. The molecule has 0 radical (unpaired) electrons. The summed E-state index contributed by atoms with van der Waals surface area (Å²) in [6.45, 7) is 6.12. The van der Waals surface area contributed by atoms with Crippen molar-refractivity contribution in [3.63, 3.8) is 0 Å². The first kappa shape index (κ1) is 9.20. The highest BCUT2D eigenvalue weighted by Gasteiger charge is 2.00. The molecule has 0 unspecified atom stereocenters. The minimum Gasteiger partial charge on any atom is -0.192 e. The molecule has 1 aromatic heterocycles. The van der Waals surface area contributed by atoms with Gasteiger partial charge in [-0.1, -0.05) is 18.2 Å². The predicted octanol–water partition coefficient (Wildman–Crippen LogP) is 3.43. The molecule has 0 aromatic carbocycles. The Morgan fingerprint density at radius 3 is 2.67 bits per heavy atom. The summed E-state index contributed by atoms with van der Waals surface area (Å²) >= 11 is 1.55. The second-order valence-electron chi connectivity index (χ2n) is 2.57. The van der Waals surface area contributed by atoms with Crippen molar-refractivity contribution in [2.75, 3.05) is 0 Å². The van der Waals surface area contributed by atoms with Crippen molar-refractivity contribution in [3.05, 3.63) is 34.9 Å². The van der Waals surface area contributed by atoms with Gasteiger partial charge in [0.25, 0.3) is 0 Å². The zero-order chi connectivity index (χ0) is 8.97. The predicted molar refractivity (Wildman–Crippen MR) is 55.3 cm³/mol. The van der Waals surface area contributed by atoms with Gasteiger partial charge in [0.15, 0.2) is 0 Å². The number of allylic oxidation sites excluding steroid dienone is 4. The van der Waals surface area contributed by atoms with Crippen molar-refractivity contribution in [2.45, 2.75) is 20.8 Å². The number of nitrogens with zero attached hydrogens (tertiary/aromatic N) is 1. The van der Waals surface area contributed by atoms with Gasteiger partial charge in [0.1, 0.15) is 0 Å². The van der Waals surface area contributed by atoms with Crippen LogP contribution >= 0.6 is 11.5 Å². The molecule has 12 heavy (non-hydrogen) atoms. The van der Waals surface area contributed by atoms with Crippen LogP contribution in [-0.4, -0.2) is 4.37 Å². The zero-order valence-corrected chi connectivity index (χ0v) is 8.48. The van der Waals surface area contributed by atoms with E-state index >= 15 is 0 Å². The molecule has 1 rings (SSSR count). The average Bonchev–Trinajstić information content (AvgIpc) is 2.47. The van der Waals surface area contributed by atoms with Gasteiger partial charge in [-0.3, -0.25) is 0 Å². The summed E-state index contributed by atoms with van der Waals surface area (Å²) in [6, 6.07) is 2.11. The van der Waals surface area contributed by atoms with E-state index in [4.69, 9.17) is 0 Å². The lowest BCUT2D eigenvalue weighted by atomic mass is 10.1. The molecule has 0 bridgehead atoms. The van der Waals surface area contributed by atoms with Crippen molar-refractivity contribution >= 4 is 17.1 Å². The quantitative estimate of drug-likeness (QED) is 0.634. The number of rotatable bonds is 2. The summed E-state index contributed by atoms with van der Waals surface area (Å²) in [4.78, 5) is 1.26. The van der Waals surface area contributed by atoms with E-state index in [-0.39, 0.29) is 0 Å². The van der Waals surface area contributed by atoms with Gasteiger partial charge in [0, 0.05) is 4.88 Å². The van der Waals surface area contributed by atoms with Crippen LogP contribution in [0.5, 0.6) is 0 Å². The minimum absolute atomic E-state index is 1.08. The van der Waals surface area contributed by atoms with Crippen molar-refractivity contribution in [1.82, 2.24) is 4.37 Å². The molecule has 1 heterocycles. The van der Waals surface area contributed by atoms with E-state index in [1.807, 2.05) is 19.9 Å². The van der Waals surface area contributed by atoms with Crippen LogP contribution in [0.2, 0.25) is 0 Å². The molecule has 0 atom stereocenters. The fraction of sp³-hybridized carbons (Fsp3) is 0.300. The number of hydrogen-bond acceptors (Lipinski definition) is 2. The van der Waals surface area contributed by atoms with Gasteiger partial charge < -0.3 is 0 Å². The average molecular weight is 179 g/mol. The van der Waals surface area contributed by atoms with Crippen molar-refractivity contribution in [3.8, 4) is 0 Å². The highest BCUT2D eigenvalue weighted by atomic mass is 32.1. The maximum atomic E-state index is 4.33. The minimum atomic E-state index is 1.08. The Morgan fingerprint density at radius 1 is 1.50 bits per heavy atom. The molecule has 64 valence electrons. The van der Waals surface area contributed by atoms with Gasteiger partial charge in [0.2, 0.25) is 0 Å². The fourth-order valence-corrected chi connectivity index (χ4v) is 1.58. The summed E-state index contributed by atoms with van der Waals surface area (Å²) < 4.78 is 4.33. The Morgan fingerprint density at radius 2 is 2.25 bits per heavy atom. The highest BCUT2D eigenvalue weighted by Crippen LogP contribution is 2.18. The summed E-state index contributed by atoms with van der Waals surface area (Å²) in [5, 5.41) is 0. The van der Waals surface area contributed by atoms with E-state index in [1.54, 1.807) is 11.5 Å². The normalized spacial score (nSPS) is 12.8. The Kier molecular flexibility index (Phi) is 3.23. The van der Waals surface area contributed by atoms with E-state index < -0.39 is 0 Å². The molecular formula is C10H13NS. The molecule has 0 aliphatic carbocycles. The van der Waals surface area contributed by atoms with E-state index in [9.17, 15) is 0 Å². The summed E-state index contributed by atoms with van der Waals surface area (Å²) in [5.74, 6) is 0. The molecular weight excluding hydrogens is 166 g/mol. The number of aromatic nitrogens is 1. The maximum Gasteiger partial charge on any atom is 0.0839 e. The van der Waals surface area contributed by atoms with Crippen molar-refractivity contribution in [2.24, 2.45) is 0 Å². The van der Waals surface area contributed by atoms with Gasteiger partial charge in [0.05, 0.1) is 5.69 Å². The highest BCUT2D eigenvalue weighted by molar-refractivity contribution is 7.05. The molecule has 1 aromatic rings. The lowest BCUT2D eigenvalue weighted by Gasteiger charge is -1.93. The van der Waals surface area contributed by atoms with E-state index in [1.165, 1.54) is 10.5 Å². The topological polar surface area (TPSA) is 12.9 Å². The van der Waals surface area contributed by atoms with Crippen molar-refractivity contribution in [1.29, 1.82) is 0 Å². The van der Waals surface area contributed by atoms with Gasteiger partial charge in [-0.05, 0) is 43.9 Å². The number of aryl methyl sites for hydroxylation is 1. The molecule has 0 amide bonds. The Hall–Kier alpha value is -0.890. The number of hydrogen-bond donors (Lipinski definition) is 0. The third kappa shape index (κ3) is 2.05. The van der Waals surface area contributed by atoms with E-state index in [2.05, 4.69) is 29.5 Å². The standard InChI is InChI=1S/C10H13NS/c1-4-6-9(5-2)10-7-8(3)12-11-10/h4-7H,1-3H3/b6-4-,9-5+. The lowest BCUT2D eigenvalue weighted by molar-refractivity contribution is 1.46. The SMILES string of the molecule is C/C=C\C(=C/C)c1cc(C)sn1. The summed E-state index contributed by atoms with van der Waals surface area (Å²) in [7, 11) is 0. The van der Waals surface area contributed by atoms with Crippen molar-refractivity contribution < 1.29 is 0 Å². The van der Waals surface area contributed by atoms with Crippen LogP contribution in [-0.2, 0) is 0 Å². The Bertz CT molecular complexity index is 307. The molecule has 0 aliphatic heterocycles. The van der Waals surface area contributed by atoms with Crippen LogP contribution in [0.4, 0.5) is 0 Å². The fourth-order valence-electron chi connectivity index (χ4n) is 1.01. The molecule has 2 heteroatoms. The molecule has 0 N–H and O–H groups in total. The van der Waals surface area contributed by atoms with Crippen LogP contribution in [0.1, 0.15) is 24.4 Å². The molecule has 0 aliphatic rings. The van der Waals surface area contributed by atoms with Gasteiger partial charge in [-0.15, -0.1) is 0 Å². The molecule has 1 nitrogen and oxygen atoms in total. The maximum absolute atomic E-state index is 4.33.